The first-order valence-electron chi connectivity index (χ1n) is 7.60. The standard InChI is InChI=1S/C16H24Cl2N2/c1-12(2)7-8-20(14-5-3-4-6-14)11-13-10-19-16(18)9-15(13)17/h9-10,12,14H,3-8,11H2,1-2H3. The van der Waals surface area contributed by atoms with Gasteiger partial charge in [-0.2, -0.15) is 0 Å². The molecule has 1 aliphatic carbocycles. The molecule has 1 fully saturated rings. The zero-order valence-electron chi connectivity index (χ0n) is 12.4. The molecule has 112 valence electrons. The Balaban J connectivity index is 2.05. The average molecular weight is 315 g/mol. The second kappa shape index (κ2) is 7.63. The third kappa shape index (κ3) is 4.61. The number of hydrogen-bond donors (Lipinski definition) is 0. The van der Waals surface area contributed by atoms with Crippen molar-refractivity contribution in [1.82, 2.24) is 9.88 Å². The summed E-state index contributed by atoms with van der Waals surface area (Å²) >= 11 is 12.2. The minimum atomic E-state index is 0.466. The molecule has 1 aromatic rings. The Morgan fingerprint density at radius 1 is 1.30 bits per heavy atom. The molecule has 0 radical (unpaired) electrons. The molecule has 2 rings (SSSR count). The number of rotatable bonds is 6. The van der Waals surface area contributed by atoms with E-state index < -0.39 is 0 Å². The number of hydrogen-bond acceptors (Lipinski definition) is 2. The van der Waals surface area contributed by atoms with Gasteiger partial charge in [0.2, 0.25) is 0 Å². The third-order valence-electron chi connectivity index (χ3n) is 4.10. The highest BCUT2D eigenvalue weighted by Crippen LogP contribution is 2.27. The number of aromatic nitrogens is 1. The lowest BCUT2D eigenvalue weighted by atomic mass is 10.1. The maximum atomic E-state index is 6.29. The molecule has 1 aliphatic rings. The van der Waals surface area contributed by atoms with E-state index in [1.807, 2.05) is 6.20 Å². The molecule has 0 saturated heterocycles. The molecule has 0 unspecified atom stereocenters. The van der Waals surface area contributed by atoms with E-state index in [9.17, 15) is 0 Å². The van der Waals surface area contributed by atoms with Crippen molar-refractivity contribution in [1.29, 1.82) is 0 Å². The number of halogens is 2. The summed E-state index contributed by atoms with van der Waals surface area (Å²) in [6.45, 7) is 6.59. The summed E-state index contributed by atoms with van der Waals surface area (Å²) in [4.78, 5) is 6.76. The molecule has 0 spiro atoms. The maximum Gasteiger partial charge on any atom is 0.130 e. The summed E-state index contributed by atoms with van der Waals surface area (Å²) in [6, 6.07) is 2.45. The van der Waals surface area contributed by atoms with Gasteiger partial charge in [0.1, 0.15) is 5.15 Å². The lowest BCUT2D eigenvalue weighted by Crippen LogP contribution is -2.34. The van der Waals surface area contributed by atoms with Gasteiger partial charge in [0.15, 0.2) is 0 Å². The zero-order valence-corrected chi connectivity index (χ0v) is 13.9. The van der Waals surface area contributed by atoms with Crippen LogP contribution in [0.15, 0.2) is 12.3 Å². The van der Waals surface area contributed by atoms with E-state index in [1.54, 1.807) is 6.07 Å². The summed E-state index contributed by atoms with van der Waals surface area (Å²) in [5, 5.41) is 1.20. The van der Waals surface area contributed by atoms with Gasteiger partial charge in [-0.3, -0.25) is 4.90 Å². The Morgan fingerprint density at radius 2 is 2.00 bits per heavy atom. The predicted octanol–water partition coefficient (Wildman–Crippen LogP) is 5.18. The summed E-state index contributed by atoms with van der Waals surface area (Å²) in [7, 11) is 0. The normalized spacial score (nSPS) is 16.5. The third-order valence-corrected chi connectivity index (χ3v) is 4.66. The van der Waals surface area contributed by atoms with Gasteiger partial charge < -0.3 is 0 Å². The van der Waals surface area contributed by atoms with Gasteiger partial charge in [-0.1, -0.05) is 49.9 Å². The van der Waals surface area contributed by atoms with E-state index in [1.165, 1.54) is 32.1 Å². The van der Waals surface area contributed by atoms with Gasteiger partial charge >= 0.3 is 0 Å². The van der Waals surface area contributed by atoms with Gasteiger partial charge in [-0.25, -0.2) is 4.98 Å². The molecule has 1 saturated carbocycles. The van der Waals surface area contributed by atoms with E-state index >= 15 is 0 Å². The van der Waals surface area contributed by atoms with Gasteiger partial charge in [0.25, 0.3) is 0 Å². The highest BCUT2D eigenvalue weighted by molar-refractivity contribution is 6.34. The Labute approximate surface area is 132 Å². The van der Waals surface area contributed by atoms with Crippen molar-refractivity contribution in [3.05, 3.63) is 28.0 Å². The maximum absolute atomic E-state index is 6.29. The van der Waals surface area contributed by atoms with Gasteiger partial charge in [-0.05, 0) is 37.8 Å². The van der Waals surface area contributed by atoms with Crippen LogP contribution in [0, 0.1) is 5.92 Å². The minimum Gasteiger partial charge on any atom is -0.296 e. The van der Waals surface area contributed by atoms with Gasteiger partial charge in [0, 0.05) is 29.4 Å². The fraction of sp³-hybridized carbons (Fsp3) is 0.688. The van der Waals surface area contributed by atoms with Crippen LogP contribution in [0.5, 0.6) is 0 Å². The second-order valence-corrected chi connectivity index (χ2v) is 6.98. The molecule has 2 nitrogen and oxygen atoms in total. The van der Waals surface area contributed by atoms with E-state index in [2.05, 4.69) is 23.7 Å². The van der Waals surface area contributed by atoms with Crippen molar-refractivity contribution in [3.8, 4) is 0 Å². The van der Waals surface area contributed by atoms with Crippen molar-refractivity contribution in [2.75, 3.05) is 6.54 Å². The highest BCUT2D eigenvalue weighted by atomic mass is 35.5. The minimum absolute atomic E-state index is 0.466. The van der Waals surface area contributed by atoms with Crippen LogP contribution < -0.4 is 0 Å². The number of nitrogens with zero attached hydrogens (tertiary/aromatic N) is 2. The smallest absolute Gasteiger partial charge is 0.130 e. The number of pyridine rings is 1. The van der Waals surface area contributed by atoms with Crippen molar-refractivity contribution >= 4 is 23.2 Å². The summed E-state index contributed by atoms with van der Waals surface area (Å²) in [6.07, 6.45) is 8.40. The molecule has 0 aromatic carbocycles. The average Bonchev–Trinajstić information content (AvgIpc) is 2.90. The molecule has 1 heterocycles. The summed E-state index contributed by atoms with van der Waals surface area (Å²) in [5.74, 6) is 0.734. The molecule has 0 amide bonds. The molecule has 20 heavy (non-hydrogen) atoms. The Bertz CT molecular complexity index is 428. The van der Waals surface area contributed by atoms with E-state index in [-0.39, 0.29) is 0 Å². The van der Waals surface area contributed by atoms with Gasteiger partial charge in [-0.15, -0.1) is 0 Å². The Morgan fingerprint density at radius 3 is 2.60 bits per heavy atom. The first kappa shape index (κ1) is 16.1. The van der Waals surface area contributed by atoms with Crippen molar-refractivity contribution in [3.63, 3.8) is 0 Å². The predicted molar refractivity (Wildman–Crippen MR) is 86.4 cm³/mol. The molecule has 0 bridgehead atoms. The Hall–Kier alpha value is -0.310. The van der Waals surface area contributed by atoms with Gasteiger partial charge in [0.05, 0.1) is 0 Å². The fourth-order valence-electron chi connectivity index (χ4n) is 2.86. The van der Waals surface area contributed by atoms with Crippen LogP contribution in [-0.2, 0) is 6.54 Å². The van der Waals surface area contributed by atoms with Crippen LogP contribution in [0.3, 0.4) is 0 Å². The fourth-order valence-corrected chi connectivity index (χ4v) is 3.28. The van der Waals surface area contributed by atoms with Crippen LogP contribution in [0.2, 0.25) is 10.2 Å². The highest BCUT2D eigenvalue weighted by Gasteiger charge is 2.23. The van der Waals surface area contributed by atoms with Crippen LogP contribution in [0.1, 0.15) is 51.5 Å². The van der Waals surface area contributed by atoms with Crippen LogP contribution in [0.25, 0.3) is 0 Å². The lowest BCUT2D eigenvalue weighted by molar-refractivity contribution is 0.179. The van der Waals surface area contributed by atoms with E-state index in [0.29, 0.717) is 11.2 Å². The molecule has 0 atom stereocenters. The molecule has 0 aliphatic heterocycles. The van der Waals surface area contributed by atoms with Crippen molar-refractivity contribution in [2.24, 2.45) is 5.92 Å². The second-order valence-electron chi connectivity index (χ2n) is 6.19. The SMILES string of the molecule is CC(C)CCN(Cc1cnc(Cl)cc1Cl)C1CCCC1. The van der Waals surface area contributed by atoms with Crippen molar-refractivity contribution < 1.29 is 0 Å². The first-order chi connectivity index (χ1) is 9.56. The van der Waals surface area contributed by atoms with Crippen LogP contribution in [0.4, 0.5) is 0 Å². The summed E-state index contributed by atoms with van der Waals surface area (Å²) in [5.41, 5.74) is 1.09. The molecular weight excluding hydrogens is 291 g/mol. The lowest BCUT2D eigenvalue weighted by Gasteiger charge is -2.29. The molecule has 1 aromatic heterocycles. The summed E-state index contributed by atoms with van der Waals surface area (Å²) < 4.78 is 0. The Kier molecular flexibility index (Phi) is 6.13. The van der Waals surface area contributed by atoms with E-state index in [0.717, 1.165) is 29.6 Å². The quantitative estimate of drug-likeness (QED) is 0.673. The molecular formula is C16H24Cl2N2. The van der Waals surface area contributed by atoms with Crippen LogP contribution >= 0.6 is 23.2 Å². The van der Waals surface area contributed by atoms with Crippen LogP contribution in [-0.4, -0.2) is 22.5 Å². The topological polar surface area (TPSA) is 16.1 Å². The van der Waals surface area contributed by atoms with Crippen molar-refractivity contribution in [2.45, 2.75) is 58.5 Å². The molecule has 4 heteroatoms. The largest absolute Gasteiger partial charge is 0.296 e. The van der Waals surface area contributed by atoms with E-state index in [4.69, 9.17) is 23.2 Å². The molecule has 0 N–H and O–H groups in total. The zero-order chi connectivity index (χ0) is 14.5. The first-order valence-corrected chi connectivity index (χ1v) is 8.36. The monoisotopic (exact) mass is 314 g/mol.